The molecule has 0 bridgehead atoms. The topological polar surface area (TPSA) is 58.6 Å². The minimum absolute atomic E-state index is 0.143. The number of fused-ring (bicyclic) bond motifs is 2. The molecule has 0 saturated carbocycles. The molecule has 2 amide bonds. The van der Waals surface area contributed by atoms with Crippen molar-refractivity contribution in [3.05, 3.63) is 107 Å². The van der Waals surface area contributed by atoms with Crippen molar-refractivity contribution < 1.29 is 18.7 Å². The molecule has 170 valence electrons. The fourth-order valence-electron chi connectivity index (χ4n) is 4.35. The summed E-state index contributed by atoms with van der Waals surface area (Å²) in [5.74, 6) is -0.435. The summed E-state index contributed by atoms with van der Waals surface area (Å²) >= 11 is 0. The number of hydrogen-bond acceptors (Lipinski definition) is 3. The van der Waals surface area contributed by atoms with E-state index in [0.29, 0.717) is 17.0 Å². The zero-order valence-corrected chi connectivity index (χ0v) is 18.6. The molecule has 0 aliphatic carbocycles. The highest BCUT2D eigenvalue weighted by atomic mass is 19.1. The van der Waals surface area contributed by atoms with E-state index in [1.165, 1.54) is 17.0 Å². The Morgan fingerprint density at radius 2 is 1.76 bits per heavy atom. The molecule has 6 heteroatoms. The average Bonchev–Trinajstić information content (AvgIpc) is 2.98. The Labute approximate surface area is 196 Å². The van der Waals surface area contributed by atoms with Gasteiger partial charge in [0.2, 0.25) is 5.91 Å². The molecule has 4 aromatic rings. The molecular formula is C28H23FN2O3. The first-order valence-electron chi connectivity index (χ1n) is 11.0. The van der Waals surface area contributed by atoms with E-state index >= 15 is 0 Å². The molecule has 1 aliphatic rings. The Kier molecular flexibility index (Phi) is 5.72. The third kappa shape index (κ3) is 4.35. The summed E-state index contributed by atoms with van der Waals surface area (Å²) in [7, 11) is 0. The van der Waals surface area contributed by atoms with E-state index in [1.807, 2.05) is 67.6 Å². The van der Waals surface area contributed by atoms with E-state index in [4.69, 9.17) is 4.74 Å². The standard InChI is InChI=1S/C28H23FN2O3/c1-18-6-13-25-24(14-18)28(20-7-10-22(29)11-8-20)31(16-26(32)30-25)27(33)17-34-23-12-9-19-4-2-3-5-21(19)15-23/h2-15,28H,16-17H2,1H3,(H,30,32)/t28-/m1/s1. The maximum absolute atomic E-state index is 13.7. The van der Waals surface area contributed by atoms with Gasteiger partial charge in [-0.15, -0.1) is 0 Å². The molecule has 34 heavy (non-hydrogen) atoms. The fourth-order valence-corrected chi connectivity index (χ4v) is 4.35. The largest absolute Gasteiger partial charge is 0.484 e. The second-order valence-electron chi connectivity index (χ2n) is 8.41. The van der Waals surface area contributed by atoms with Crippen molar-refractivity contribution in [2.75, 3.05) is 18.5 Å². The van der Waals surface area contributed by atoms with Gasteiger partial charge in [0.1, 0.15) is 18.1 Å². The van der Waals surface area contributed by atoms with Crippen molar-refractivity contribution in [2.24, 2.45) is 0 Å². The smallest absolute Gasteiger partial charge is 0.261 e. The monoisotopic (exact) mass is 454 g/mol. The van der Waals surface area contributed by atoms with Gasteiger partial charge in [0.25, 0.3) is 5.91 Å². The lowest BCUT2D eigenvalue weighted by Gasteiger charge is -2.30. The Bertz CT molecular complexity index is 1380. The second kappa shape index (κ2) is 8.98. The van der Waals surface area contributed by atoms with Gasteiger partial charge in [0.15, 0.2) is 6.61 Å². The number of carbonyl (C=O) groups is 2. The molecule has 0 spiro atoms. The lowest BCUT2D eigenvalue weighted by atomic mass is 9.94. The predicted octanol–water partition coefficient (Wildman–Crippen LogP) is 5.24. The highest BCUT2D eigenvalue weighted by Crippen LogP contribution is 2.36. The van der Waals surface area contributed by atoms with Crippen LogP contribution < -0.4 is 10.1 Å². The molecule has 1 heterocycles. The van der Waals surface area contributed by atoms with Crippen molar-refractivity contribution in [1.29, 1.82) is 0 Å². The van der Waals surface area contributed by atoms with Crippen LogP contribution in [0.4, 0.5) is 10.1 Å². The summed E-state index contributed by atoms with van der Waals surface area (Å²) in [6, 6.07) is 24.7. The minimum atomic E-state index is -0.567. The van der Waals surface area contributed by atoms with Crippen LogP contribution in [0.1, 0.15) is 22.7 Å². The maximum atomic E-state index is 13.7. The first kappa shape index (κ1) is 21.6. The third-order valence-electron chi connectivity index (χ3n) is 5.99. The number of aryl methyl sites for hydroxylation is 1. The Hall–Kier alpha value is -4.19. The first-order valence-corrected chi connectivity index (χ1v) is 11.0. The predicted molar refractivity (Wildman–Crippen MR) is 129 cm³/mol. The van der Waals surface area contributed by atoms with Crippen molar-refractivity contribution in [3.8, 4) is 5.75 Å². The van der Waals surface area contributed by atoms with Crippen LogP contribution in [0.15, 0.2) is 84.9 Å². The lowest BCUT2D eigenvalue weighted by molar-refractivity contribution is -0.138. The van der Waals surface area contributed by atoms with Crippen molar-refractivity contribution in [1.82, 2.24) is 4.90 Å². The molecule has 1 N–H and O–H groups in total. The van der Waals surface area contributed by atoms with Crippen LogP contribution >= 0.6 is 0 Å². The molecule has 0 saturated heterocycles. The van der Waals surface area contributed by atoms with Crippen LogP contribution in [0.25, 0.3) is 10.8 Å². The molecule has 1 atom stereocenters. The van der Waals surface area contributed by atoms with Gasteiger partial charge in [-0.25, -0.2) is 4.39 Å². The van der Waals surface area contributed by atoms with Crippen LogP contribution in [-0.2, 0) is 9.59 Å². The summed E-state index contributed by atoms with van der Waals surface area (Å²) in [5.41, 5.74) is 3.11. The Morgan fingerprint density at radius 3 is 2.56 bits per heavy atom. The van der Waals surface area contributed by atoms with E-state index in [9.17, 15) is 14.0 Å². The number of hydrogen-bond donors (Lipinski definition) is 1. The number of ether oxygens (including phenoxy) is 1. The van der Waals surface area contributed by atoms with E-state index in [1.54, 1.807) is 12.1 Å². The minimum Gasteiger partial charge on any atom is -0.484 e. The molecule has 0 radical (unpaired) electrons. The SMILES string of the molecule is Cc1ccc2c(c1)[C@@H](c1ccc(F)cc1)N(C(=O)COc1ccc3ccccc3c1)CC(=O)N2. The zero-order valence-electron chi connectivity index (χ0n) is 18.6. The normalized spacial score (nSPS) is 15.4. The number of carbonyl (C=O) groups excluding carboxylic acids is 2. The number of benzene rings is 4. The fraction of sp³-hybridized carbons (Fsp3) is 0.143. The van der Waals surface area contributed by atoms with Gasteiger partial charge in [-0.05, 0) is 53.6 Å². The van der Waals surface area contributed by atoms with Gasteiger partial charge in [-0.1, -0.05) is 60.2 Å². The van der Waals surface area contributed by atoms with Gasteiger partial charge < -0.3 is 15.0 Å². The zero-order chi connectivity index (χ0) is 23.7. The van der Waals surface area contributed by atoms with Crippen molar-refractivity contribution >= 4 is 28.3 Å². The highest BCUT2D eigenvalue weighted by Gasteiger charge is 2.33. The molecule has 0 unspecified atom stereocenters. The maximum Gasteiger partial charge on any atom is 0.261 e. The van der Waals surface area contributed by atoms with Gasteiger partial charge >= 0.3 is 0 Å². The first-order chi connectivity index (χ1) is 16.5. The molecule has 4 aromatic carbocycles. The van der Waals surface area contributed by atoms with E-state index in [-0.39, 0.29) is 30.8 Å². The molecule has 1 aliphatic heterocycles. The summed E-state index contributed by atoms with van der Waals surface area (Å²) in [6.07, 6.45) is 0. The van der Waals surface area contributed by atoms with Crippen molar-refractivity contribution in [3.63, 3.8) is 0 Å². The summed E-state index contributed by atoms with van der Waals surface area (Å²) < 4.78 is 19.5. The molecular weight excluding hydrogens is 431 g/mol. The van der Waals surface area contributed by atoms with Crippen LogP contribution in [0.2, 0.25) is 0 Å². The molecule has 0 fully saturated rings. The average molecular weight is 455 g/mol. The van der Waals surface area contributed by atoms with Gasteiger partial charge in [-0.2, -0.15) is 0 Å². The van der Waals surface area contributed by atoms with Crippen LogP contribution in [-0.4, -0.2) is 29.9 Å². The Morgan fingerprint density at radius 1 is 1.00 bits per heavy atom. The summed E-state index contributed by atoms with van der Waals surface area (Å²) in [4.78, 5) is 27.6. The molecule has 5 nitrogen and oxygen atoms in total. The third-order valence-corrected chi connectivity index (χ3v) is 5.99. The highest BCUT2D eigenvalue weighted by molar-refractivity contribution is 5.97. The Balaban J connectivity index is 1.48. The van der Waals surface area contributed by atoms with Crippen LogP contribution in [0.5, 0.6) is 5.75 Å². The van der Waals surface area contributed by atoms with E-state index in [2.05, 4.69) is 5.32 Å². The summed E-state index contributed by atoms with van der Waals surface area (Å²) in [6.45, 7) is 1.57. The lowest BCUT2D eigenvalue weighted by Crippen LogP contribution is -2.41. The summed E-state index contributed by atoms with van der Waals surface area (Å²) in [5, 5.41) is 4.98. The van der Waals surface area contributed by atoms with E-state index in [0.717, 1.165) is 21.9 Å². The number of nitrogens with zero attached hydrogens (tertiary/aromatic N) is 1. The van der Waals surface area contributed by atoms with E-state index < -0.39 is 6.04 Å². The van der Waals surface area contributed by atoms with Crippen LogP contribution in [0, 0.1) is 12.7 Å². The van der Waals surface area contributed by atoms with Gasteiger partial charge in [0, 0.05) is 11.3 Å². The van der Waals surface area contributed by atoms with Crippen molar-refractivity contribution in [2.45, 2.75) is 13.0 Å². The second-order valence-corrected chi connectivity index (χ2v) is 8.41. The number of halogens is 1. The number of rotatable bonds is 4. The van der Waals surface area contributed by atoms with Gasteiger partial charge in [0.05, 0.1) is 6.04 Å². The number of nitrogens with one attached hydrogen (secondary N) is 1. The number of anilines is 1. The molecule has 5 rings (SSSR count). The van der Waals surface area contributed by atoms with Crippen LogP contribution in [0.3, 0.4) is 0 Å². The number of amides is 2. The molecule has 0 aromatic heterocycles. The van der Waals surface area contributed by atoms with Gasteiger partial charge in [-0.3, -0.25) is 9.59 Å². The quantitative estimate of drug-likeness (QED) is 0.459.